The van der Waals surface area contributed by atoms with Crippen molar-refractivity contribution in [3.63, 3.8) is 0 Å². The SMILES string of the molecule is CCOC(=O)[C@@]1(CC)C[C@H]2CC[C@@H]1N2C(=O)c1c(F)ccc(C)c1Cl. The first-order chi connectivity index (χ1) is 11.9. The lowest BCUT2D eigenvalue weighted by molar-refractivity contribution is -0.157. The molecule has 1 amide bonds. The second-order valence-electron chi connectivity index (χ2n) is 6.95. The Hall–Kier alpha value is -1.62. The molecule has 136 valence electrons. The number of amides is 1. The Labute approximate surface area is 152 Å². The van der Waals surface area contributed by atoms with Crippen LogP contribution in [-0.4, -0.2) is 35.5 Å². The van der Waals surface area contributed by atoms with Crippen molar-refractivity contribution >= 4 is 23.5 Å². The van der Waals surface area contributed by atoms with Crippen molar-refractivity contribution in [2.45, 2.75) is 58.5 Å². The molecular formula is C19H23ClFNO3. The first-order valence-corrected chi connectivity index (χ1v) is 9.19. The molecule has 25 heavy (non-hydrogen) atoms. The summed E-state index contributed by atoms with van der Waals surface area (Å²) in [6.07, 6.45) is 2.72. The number of esters is 1. The third-order valence-corrected chi connectivity index (χ3v) is 6.27. The fourth-order valence-corrected chi connectivity index (χ4v) is 4.72. The van der Waals surface area contributed by atoms with E-state index in [2.05, 4.69) is 0 Å². The van der Waals surface area contributed by atoms with Crippen LogP contribution in [0, 0.1) is 18.2 Å². The second kappa shape index (κ2) is 6.60. The third kappa shape index (κ3) is 2.64. The highest BCUT2D eigenvalue weighted by atomic mass is 35.5. The summed E-state index contributed by atoms with van der Waals surface area (Å²) >= 11 is 6.23. The van der Waals surface area contributed by atoms with Crippen molar-refractivity contribution in [2.24, 2.45) is 5.41 Å². The van der Waals surface area contributed by atoms with E-state index in [4.69, 9.17) is 16.3 Å². The summed E-state index contributed by atoms with van der Waals surface area (Å²) in [6.45, 7) is 5.77. The molecule has 2 saturated heterocycles. The molecule has 4 nitrogen and oxygen atoms in total. The van der Waals surface area contributed by atoms with Crippen LogP contribution in [-0.2, 0) is 9.53 Å². The molecule has 2 bridgehead atoms. The van der Waals surface area contributed by atoms with Gasteiger partial charge < -0.3 is 9.64 Å². The lowest BCUT2D eigenvalue weighted by Gasteiger charge is -2.34. The highest BCUT2D eigenvalue weighted by Crippen LogP contribution is 2.53. The standard InChI is InChI=1S/C19H23ClFNO3/c1-4-19(18(24)25-5-2)10-12-7-9-14(19)22(12)17(23)15-13(21)8-6-11(3)16(15)20/h6,8,12,14H,4-5,7,9-10H2,1-3H3/t12-,14+,19+/m1/s1. The molecule has 2 heterocycles. The topological polar surface area (TPSA) is 46.6 Å². The predicted octanol–water partition coefficient (Wildman–Crippen LogP) is 4.12. The van der Waals surface area contributed by atoms with Crippen molar-refractivity contribution in [3.05, 3.63) is 34.1 Å². The molecule has 0 saturated carbocycles. The van der Waals surface area contributed by atoms with E-state index < -0.39 is 17.1 Å². The van der Waals surface area contributed by atoms with E-state index in [9.17, 15) is 14.0 Å². The molecule has 2 aliphatic heterocycles. The lowest BCUT2D eigenvalue weighted by Crippen LogP contribution is -2.45. The van der Waals surface area contributed by atoms with E-state index >= 15 is 0 Å². The van der Waals surface area contributed by atoms with E-state index in [1.807, 2.05) is 6.92 Å². The number of benzene rings is 1. The van der Waals surface area contributed by atoms with Crippen LogP contribution in [0.1, 0.15) is 55.5 Å². The minimum Gasteiger partial charge on any atom is -0.466 e. The molecule has 0 radical (unpaired) electrons. The third-order valence-electron chi connectivity index (χ3n) is 5.79. The zero-order chi connectivity index (χ0) is 18.4. The van der Waals surface area contributed by atoms with Gasteiger partial charge in [0.25, 0.3) is 5.91 Å². The molecule has 3 rings (SSSR count). The monoisotopic (exact) mass is 367 g/mol. The van der Waals surface area contributed by atoms with E-state index in [0.717, 1.165) is 12.8 Å². The second-order valence-corrected chi connectivity index (χ2v) is 7.32. The minimum atomic E-state index is -0.693. The van der Waals surface area contributed by atoms with E-state index in [-0.39, 0.29) is 28.6 Å². The molecule has 0 aromatic heterocycles. The summed E-state index contributed by atoms with van der Waals surface area (Å²) in [4.78, 5) is 27.4. The van der Waals surface area contributed by atoms with Crippen LogP contribution in [0.2, 0.25) is 5.02 Å². The van der Waals surface area contributed by atoms with Gasteiger partial charge in [-0.15, -0.1) is 0 Å². The number of rotatable bonds is 4. The predicted molar refractivity (Wildman–Crippen MR) is 93.1 cm³/mol. The van der Waals surface area contributed by atoms with Crippen molar-refractivity contribution < 1.29 is 18.7 Å². The van der Waals surface area contributed by atoms with Crippen LogP contribution < -0.4 is 0 Å². The summed E-state index contributed by atoms with van der Waals surface area (Å²) in [5.74, 6) is -1.29. The van der Waals surface area contributed by atoms with Crippen LogP contribution in [0.3, 0.4) is 0 Å². The number of ether oxygens (including phenoxy) is 1. The van der Waals surface area contributed by atoms with Crippen LogP contribution in [0.15, 0.2) is 12.1 Å². The van der Waals surface area contributed by atoms with Gasteiger partial charge in [0.05, 0.1) is 22.6 Å². The summed E-state index contributed by atoms with van der Waals surface area (Å²) in [5.41, 5.74) is -0.124. The molecule has 2 fully saturated rings. The number of carbonyl (C=O) groups excluding carboxylic acids is 2. The van der Waals surface area contributed by atoms with Gasteiger partial charge in [-0.05, 0) is 51.2 Å². The quantitative estimate of drug-likeness (QED) is 0.752. The number of hydrogen-bond donors (Lipinski definition) is 0. The Morgan fingerprint density at radius 1 is 1.36 bits per heavy atom. The van der Waals surface area contributed by atoms with Gasteiger partial charge in [0.1, 0.15) is 5.82 Å². The number of fused-ring (bicyclic) bond motifs is 2. The molecule has 1 aromatic rings. The molecule has 2 aliphatic rings. The van der Waals surface area contributed by atoms with Crippen molar-refractivity contribution in [1.29, 1.82) is 0 Å². The van der Waals surface area contributed by atoms with Crippen molar-refractivity contribution in [3.8, 4) is 0 Å². The molecule has 0 aliphatic carbocycles. The number of carbonyl (C=O) groups is 2. The molecule has 0 spiro atoms. The van der Waals surface area contributed by atoms with Gasteiger partial charge in [-0.3, -0.25) is 9.59 Å². The smallest absolute Gasteiger partial charge is 0.314 e. The summed E-state index contributed by atoms with van der Waals surface area (Å²) in [7, 11) is 0. The molecule has 1 aromatic carbocycles. The van der Waals surface area contributed by atoms with Crippen LogP contribution >= 0.6 is 11.6 Å². The van der Waals surface area contributed by atoms with Crippen LogP contribution in [0.25, 0.3) is 0 Å². The van der Waals surface area contributed by atoms with Crippen LogP contribution in [0.5, 0.6) is 0 Å². The highest BCUT2D eigenvalue weighted by Gasteiger charge is 2.61. The van der Waals surface area contributed by atoms with Gasteiger partial charge in [-0.1, -0.05) is 24.6 Å². The van der Waals surface area contributed by atoms with Gasteiger partial charge in [0, 0.05) is 12.1 Å². The van der Waals surface area contributed by atoms with E-state index in [0.29, 0.717) is 25.0 Å². The first kappa shape index (κ1) is 18.2. The number of halogens is 2. The number of nitrogens with zero attached hydrogens (tertiary/aromatic N) is 1. The molecule has 6 heteroatoms. The largest absolute Gasteiger partial charge is 0.466 e. The Balaban J connectivity index is 1.99. The maximum Gasteiger partial charge on any atom is 0.314 e. The van der Waals surface area contributed by atoms with Crippen LogP contribution in [0.4, 0.5) is 4.39 Å². The van der Waals surface area contributed by atoms with Gasteiger partial charge in [0.2, 0.25) is 0 Å². The first-order valence-electron chi connectivity index (χ1n) is 8.81. The van der Waals surface area contributed by atoms with Crippen molar-refractivity contribution in [1.82, 2.24) is 4.90 Å². The van der Waals surface area contributed by atoms with Crippen molar-refractivity contribution in [2.75, 3.05) is 6.61 Å². The molecule has 0 unspecified atom stereocenters. The average Bonchev–Trinajstić information content (AvgIpc) is 3.15. The van der Waals surface area contributed by atoms with Gasteiger partial charge in [0.15, 0.2) is 0 Å². The summed E-state index contributed by atoms with van der Waals surface area (Å²) < 4.78 is 19.6. The average molecular weight is 368 g/mol. The van der Waals surface area contributed by atoms with Gasteiger partial charge in [-0.25, -0.2) is 4.39 Å². The Bertz CT molecular complexity index is 723. The zero-order valence-corrected chi connectivity index (χ0v) is 15.5. The Morgan fingerprint density at radius 3 is 2.72 bits per heavy atom. The van der Waals surface area contributed by atoms with Gasteiger partial charge >= 0.3 is 5.97 Å². The van der Waals surface area contributed by atoms with Gasteiger partial charge in [-0.2, -0.15) is 0 Å². The highest BCUT2D eigenvalue weighted by molar-refractivity contribution is 6.34. The molecule has 0 N–H and O–H groups in total. The maximum absolute atomic E-state index is 14.3. The molecular weight excluding hydrogens is 345 g/mol. The van der Waals surface area contributed by atoms with E-state index in [1.165, 1.54) is 6.07 Å². The Kier molecular flexibility index (Phi) is 4.80. The normalized spacial score (nSPS) is 27.6. The minimum absolute atomic E-state index is 0.0714. The number of hydrogen-bond acceptors (Lipinski definition) is 3. The summed E-state index contributed by atoms with van der Waals surface area (Å²) in [6, 6.07) is 2.50. The maximum atomic E-state index is 14.3. The number of aryl methyl sites for hydroxylation is 1. The lowest BCUT2D eigenvalue weighted by atomic mass is 9.72. The summed E-state index contributed by atoms with van der Waals surface area (Å²) in [5, 5.41) is 0.148. The van der Waals surface area contributed by atoms with E-state index in [1.54, 1.807) is 24.8 Å². The fourth-order valence-electron chi connectivity index (χ4n) is 4.49. The Morgan fingerprint density at radius 2 is 2.08 bits per heavy atom. The zero-order valence-electron chi connectivity index (χ0n) is 14.8. The fraction of sp³-hybridized carbons (Fsp3) is 0.579. The molecule has 3 atom stereocenters.